The third-order valence-corrected chi connectivity index (χ3v) is 5.03. The van der Waals surface area contributed by atoms with Gasteiger partial charge in [0.2, 0.25) is 0 Å². The Bertz CT molecular complexity index is 1110. The van der Waals surface area contributed by atoms with Crippen LogP contribution in [0.2, 0.25) is 0 Å². The van der Waals surface area contributed by atoms with Gasteiger partial charge in [0.15, 0.2) is 5.76 Å². The molecule has 1 atom stereocenters. The number of aromatic nitrogens is 2. The fraction of sp³-hybridized carbons (Fsp3) is 0.167. The molecule has 4 aromatic rings. The zero-order valence-corrected chi connectivity index (χ0v) is 16.2. The van der Waals surface area contributed by atoms with E-state index in [1.54, 1.807) is 18.3 Å². The largest absolute Gasteiger partial charge is 0.383 e. The molecule has 0 radical (unpaired) electrons. The lowest BCUT2D eigenvalue weighted by Crippen LogP contribution is -1.99. The van der Waals surface area contributed by atoms with Crippen molar-refractivity contribution in [3.63, 3.8) is 0 Å². The topological polar surface area (TPSA) is 64.9 Å². The number of rotatable bonds is 6. The van der Waals surface area contributed by atoms with Crippen LogP contribution in [0.3, 0.4) is 0 Å². The van der Waals surface area contributed by atoms with Crippen molar-refractivity contribution in [2.75, 3.05) is 5.73 Å². The highest BCUT2D eigenvalue weighted by Gasteiger charge is 2.12. The molecule has 0 aliphatic heterocycles. The average Bonchev–Trinajstić information content (AvgIpc) is 3.17. The van der Waals surface area contributed by atoms with Crippen molar-refractivity contribution in [2.24, 2.45) is 0 Å². The summed E-state index contributed by atoms with van der Waals surface area (Å²) in [5, 5.41) is 4.16. The van der Waals surface area contributed by atoms with Crippen LogP contribution in [0, 0.1) is 5.82 Å². The van der Waals surface area contributed by atoms with E-state index in [0.29, 0.717) is 23.9 Å². The lowest BCUT2D eigenvalue weighted by Gasteiger charge is -2.12. The highest BCUT2D eigenvalue weighted by molar-refractivity contribution is 5.69. The van der Waals surface area contributed by atoms with Crippen LogP contribution < -0.4 is 5.73 Å². The maximum absolute atomic E-state index is 13.4. The molecule has 0 aliphatic carbocycles. The number of pyridine rings is 1. The molecule has 0 spiro atoms. The number of hydrogen-bond acceptors (Lipinski definition) is 4. The van der Waals surface area contributed by atoms with E-state index in [-0.39, 0.29) is 5.82 Å². The van der Waals surface area contributed by atoms with Crippen LogP contribution in [0.4, 0.5) is 10.2 Å². The van der Waals surface area contributed by atoms with Crippen LogP contribution in [-0.2, 0) is 12.8 Å². The van der Waals surface area contributed by atoms with Crippen molar-refractivity contribution < 1.29 is 8.91 Å². The molecule has 0 aliphatic rings. The second-order valence-electron chi connectivity index (χ2n) is 7.27. The molecular weight excluding hydrogens is 365 g/mol. The summed E-state index contributed by atoms with van der Waals surface area (Å²) in [7, 11) is 0. The summed E-state index contributed by atoms with van der Waals surface area (Å²) in [5.41, 5.74) is 10.9. The van der Waals surface area contributed by atoms with Gasteiger partial charge in [0.25, 0.3) is 0 Å². The Hall–Kier alpha value is -3.47. The maximum Gasteiger partial charge on any atom is 0.170 e. The molecule has 2 aromatic heterocycles. The molecule has 1 unspecified atom stereocenters. The van der Waals surface area contributed by atoms with Crippen molar-refractivity contribution in [2.45, 2.75) is 25.7 Å². The summed E-state index contributed by atoms with van der Waals surface area (Å²) in [6, 6.07) is 20.8. The molecule has 0 bridgehead atoms. The molecule has 0 saturated carbocycles. The fourth-order valence-corrected chi connectivity index (χ4v) is 3.46. The van der Waals surface area contributed by atoms with Gasteiger partial charge < -0.3 is 10.3 Å². The standard InChI is InChI=1S/C24H22FN3O/c1-16(12-18-4-2-5-20(25)13-18)19-9-7-17(8-10-19)14-21-15-23(29-28-21)22-6-3-11-27-24(22)26/h2-11,13,15-16H,12,14H2,1H3,(H2,26,27). The van der Waals surface area contributed by atoms with E-state index in [4.69, 9.17) is 10.3 Å². The second kappa shape index (κ2) is 8.27. The molecule has 4 rings (SSSR count). The number of nitrogens with two attached hydrogens (primary N) is 1. The van der Waals surface area contributed by atoms with Gasteiger partial charge in [-0.15, -0.1) is 0 Å². The first-order valence-corrected chi connectivity index (χ1v) is 9.58. The molecule has 5 heteroatoms. The predicted octanol–water partition coefficient (Wildman–Crippen LogP) is 5.39. The summed E-state index contributed by atoms with van der Waals surface area (Å²) in [6.07, 6.45) is 3.12. The molecule has 0 saturated heterocycles. The Kier molecular flexibility index (Phi) is 5.38. The second-order valence-corrected chi connectivity index (χ2v) is 7.27. The molecule has 0 amide bonds. The smallest absolute Gasteiger partial charge is 0.170 e. The Labute approximate surface area is 169 Å². The minimum absolute atomic E-state index is 0.190. The third-order valence-electron chi connectivity index (χ3n) is 5.03. The van der Waals surface area contributed by atoms with Crippen LogP contribution in [0.15, 0.2) is 77.4 Å². The summed E-state index contributed by atoms with van der Waals surface area (Å²) in [5.74, 6) is 1.15. The highest BCUT2D eigenvalue weighted by Crippen LogP contribution is 2.26. The minimum atomic E-state index is -0.190. The third kappa shape index (κ3) is 4.51. The molecular formula is C24H22FN3O. The normalized spacial score (nSPS) is 12.1. The van der Waals surface area contributed by atoms with E-state index in [1.807, 2.05) is 24.3 Å². The van der Waals surface area contributed by atoms with E-state index in [2.05, 4.69) is 41.3 Å². The van der Waals surface area contributed by atoms with Crippen molar-refractivity contribution in [1.82, 2.24) is 10.1 Å². The Morgan fingerprint density at radius 1 is 1.00 bits per heavy atom. The number of halogens is 1. The van der Waals surface area contributed by atoms with Crippen LogP contribution in [0.1, 0.15) is 35.2 Å². The Morgan fingerprint density at radius 2 is 1.83 bits per heavy atom. The first-order valence-electron chi connectivity index (χ1n) is 9.58. The van der Waals surface area contributed by atoms with E-state index in [1.165, 1.54) is 11.6 Å². The van der Waals surface area contributed by atoms with Gasteiger partial charge in [-0.2, -0.15) is 0 Å². The molecule has 146 valence electrons. The minimum Gasteiger partial charge on any atom is -0.383 e. The molecule has 4 nitrogen and oxygen atoms in total. The van der Waals surface area contributed by atoms with Crippen LogP contribution in [0.5, 0.6) is 0 Å². The Morgan fingerprint density at radius 3 is 2.59 bits per heavy atom. The van der Waals surface area contributed by atoms with Gasteiger partial charge in [-0.25, -0.2) is 9.37 Å². The molecule has 2 N–H and O–H groups in total. The van der Waals surface area contributed by atoms with Gasteiger partial charge in [0.05, 0.1) is 11.3 Å². The maximum atomic E-state index is 13.4. The van der Waals surface area contributed by atoms with Gasteiger partial charge in [-0.1, -0.05) is 48.5 Å². The van der Waals surface area contributed by atoms with Crippen LogP contribution in [-0.4, -0.2) is 10.1 Å². The summed E-state index contributed by atoms with van der Waals surface area (Å²) in [6.45, 7) is 2.15. The van der Waals surface area contributed by atoms with E-state index in [0.717, 1.165) is 28.8 Å². The number of hydrogen-bond donors (Lipinski definition) is 1. The monoisotopic (exact) mass is 387 g/mol. The first kappa shape index (κ1) is 18.9. The van der Waals surface area contributed by atoms with Gasteiger partial charge >= 0.3 is 0 Å². The summed E-state index contributed by atoms with van der Waals surface area (Å²) >= 11 is 0. The van der Waals surface area contributed by atoms with Crippen LogP contribution >= 0.6 is 0 Å². The molecule has 2 aromatic carbocycles. The van der Waals surface area contributed by atoms with Crippen molar-refractivity contribution >= 4 is 5.82 Å². The lowest BCUT2D eigenvalue weighted by molar-refractivity contribution is 0.425. The number of nitrogen functional groups attached to an aromatic ring is 1. The van der Waals surface area contributed by atoms with Crippen molar-refractivity contribution in [3.8, 4) is 11.3 Å². The SMILES string of the molecule is CC(Cc1cccc(F)c1)c1ccc(Cc2cc(-c3cccnc3N)on2)cc1. The van der Waals surface area contributed by atoms with Gasteiger partial charge in [-0.3, -0.25) is 0 Å². The van der Waals surface area contributed by atoms with Gasteiger partial charge in [-0.05, 0) is 53.3 Å². The van der Waals surface area contributed by atoms with Gasteiger partial charge in [0.1, 0.15) is 11.6 Å². The van der Waals surface area contributed by atoms with Crippen molar-refractivity contribution in [3.05, 3.63) is 101 Å². The zero-order valence-electron chi connectivity index (χ0n) is 16.2. The zero-order chi connectivity index (χ0) is 20.2. The number of nitrogens with zero attached hydrogens (tertiary/aromatic N) is 2. The lowest BCUT2D eigenvalue weighted by atomic mass is 9.92. The molecule has 0 fully saturated rings. The molecule has 2 heterocycles. The first-order chi connectivity index (χ1) is 14.1. The van der Waals surface area contributed by atoms with E-state index in [9.17, 15) is 4.39 Å². The van der Waals surface area contributed by atoms with E-state index < -0.39 is 0 Å². The van der Waals surface area contributed by atoms with Gasteiger partial charge in [0, 0.05) is 18.7 Å². The summed E-state index contributed by atoms with van der Waals surface area (Å²) in [4.78, 5) is 4.08. The average molecular weight is 387 g/mol. The Balaban J connectivity index is 1.43. The van der Waals surface area contributed by atoms with Crippen LogP contribution in [0.25, 0.3) is 11.3 Å². The molecule has 29 heavy (non-hydrogen) atoms. The number of benzene rings is 2. The highest BCUT2D eigenvalue weighted by atomic mass is 19.1. The van der Waals surface area contributed by atoms with Crippen molar-refractivity contribution in [1.29, 1.82) is 0 Å². The summed E-state index contributed by atoms with van der Waals surface area (Å²) < 4.78 is 18.8. The quantitative estimate of drug-likeness (QED) is 0.481. The fourth-order valence-electron chi connectivity index (χ4n) is 3.46. The number of anilines is 1. The van der Waals surface area contributed by atoms with E-state index >= 15 is 0 Å². The predicted molar refractivity (Wildman–Crippen MR) is 112 cm³/mol.